The van der Waals surface area contributed by atoms with Crippen molar-refractivity contribution in [1.29, 1.82) is 0 Å². The molecule has 22 heteroatoms. The van der Waals surface area contributed by atoms with Gasteiger partial charge in [0.25, 0.3) is 0 Å². The topological polar surface area (TPSA) is 99.5 Å². The minimum Gasteiger partial charge on any atom is -1.00 e. The van der Waals surface area contributed by atoms with E-state index in [2.05, 4.69) is 67.2 Å². The van der Waals surface area contributed by atoms with Crippen LogP contribution in [0.5, 0.6) is 23.0 Å². The van der Waals surface area contributed by atoms with Crippen LogP contribution in [0.25, 0.3) is 43.1 Å². The molecule has 2 aliphatic carbocycles. The molecule has 0 unspecified atom stereocenters. The zero-order valence-electron chi connectivity index (χ0n) is 33.8. The summed E-state index contributed by atoms with van der Waals surface area (Å²) in [5, 5.41) is 14.5. The van der Waals surface area contributed by atoms with Gasteiger partial charge >= 0.3 is 72.1 Å². The first-order chi connectivity index (χ1) is 30.1. The van der Waals surface area contributed by atoms with Crippen LogP contribution >= 0.6 is 82.1 Å². The van der Waals surface area contributed by atoms with Gasteiger partial charge in [-0.1, -0.05) is 42.2 Å². The molecule has 8 nitrogen and oxygen atoms in total. The second kappa shape index (κ2) is 27.2. The summed E-state index contributed by atoms with van der Waals surface area (Å²) in [7, 11) is 1.54. The Bertz CT molecular complexity index is 2820. The molecule has 2 aliphatic rings. The van der Waals surface area contributed by atoms with E-state index in [0.717, 1.165) is 42.5 Å². The van der Waals surface area contributed by atoms with Crippen LogP contribution in [0.2, 0.25) is 15.5 Å². The maximum Gasteiger partial charge on any atom is 1.00 e. The third-order valence-electron chi connectivity index (χ3n) is 8.93. The summed E-state index contributed by atoms with van der Waals surface area (Å²) in [6.07, 6.45) is 10.4. The van der Waals surface area contributed by atoms with Crippen molar-refractivity contribution in [1.82, 2.24) is 19.9 Å². The van der Waals surface area contributed by atoms with E-state index >= 15 is 0 Å². The van der Waals surface area contributed by atoms with E-state index in [4.69, 9.17) is 49.0 Å². The summed E-state index contributed by atoms with van der Waals surface area (Å²) >= 11 is 26.8. The molecule has 4 aromatic heterocycles. The number of aromatic nitrogens is 4. The SMILES string of the molecule is BrB(Br)Br.C.COc1cnc(Cl)c2cc(F)ccc12.Fc1ccc2c(OC3CC3)cnc(Cl)c2c1.Fc1ccc2c(OC3CC3)cnc(F)c2c1.Oc1cnc(Cl)c2cc(F)ccc12.[Cs+].[F-]. The molecular formula is C44H34BBr3Cl3CsF6N4O4. The van der Waals surface area contributed by atoms with Crippen molar-refractivity contribution in [2.45, 2.75) is 45.3 Å². The van der Waals surface area contributed by atoms with Crippen LogP contribution in [-0.2, 0) is 0 Å². The van der Waals surface area contributed by atoms with E-state index < -0.39 is 17.6 Å². The van der Waals surface area contributed by atoms with Crippen molar-refractivity contribution in [3.63, 3.8) is 0 Å². The molecule has 0 atom stereocenters. The van der Waals surface area contributed by atoms with E-state index in [-0.39, 0.29) is 129 Å². The molecule has 2 fully saturated rings. The minimum absolute atomic E-state index is 0. The molecule has 8 aromatic rings. The Morgan fingerprint density at radius 1 is 0.530 bits per heavy atom. The fourth-order valence-electron chi connectivity index (χ4n) is 5.72. The van der Waals surface area contributed by atoms with Gasteiger partial charge in [-0.3, -0.25) is 0 Å². The molecule has 10 rings (SSSR count). The number of benzene rings is 4. The predicted molar refractivity (Wildman–Crippen MR) is 257 cm³/mol. The largest absolute Gasteiger partial charge is 1.00 e. The number of halogens is 12. The van der Waals surface area contributed by atoms with E-state index in [0.29, 0.717) is 49.3 Å². The third kappa shape index (κ3) is 16.4. The molecule has 0 aliphatic heterocycles. The maximum atomic E-state index is 13.4. The number of rotatable bonds is 5. The molecule has 0 radical (unpaired) electrons. The van der Waals surface area contributed by atoms with Crippen molar-refractivity contribution < 1.29 is 115 Å². The van der Waals surface area contributed by atoms with Gasteiger partial charge in [0.05, 0.1) is 44.1 Å². The Balaban J connectivity index is 0.000000225. The molecule has 0 saturated heterocycles. The summed E-state index contributed by atoms with van der Waals surface area (Å²) in [6, 6.07) is 16.7. The van der Waals surface area contributed by atoms with Gasteiger partial charge in [0, 0.05) is 43.1 Å². The molecule has 66 heavy (non-hydrogen) atoms. The number of fused-ring (bicyclic) bond motifs is 4. The zero-order valence-corrected chi connectivity index (χ0v) is 47.1. The molecule has 2 saturated carbocycles. The zero-order chi connectivity index (χ0) is 45.4. The quantitative estimate of drug-likeness (QED) is 0.104. The number of methoxy groups -OCH3 is 1. The molecule has 0 amide bonds. The van der Waals surface area contributed by atoms with Crippen LogP contribution in [0.4, 0.5) is 22.0 Å². The summed E-state index contributed by atoms with van der Waals surface area (Å²) in [5.41, 5.74) is 0. The van der Waals surface area contributed by atoms with Crippen LogP contribution < -0.4 is 87.8 Å². The molecule has 4 aromatic carbocycles. The predicted octanol–water partition coefficient (Wildman–Crippen LogP) is 9.19. The van der Waals surface area contributed by atoms with Gasteiger partial charge < -0.3 is 24.0 Å². The van der Waals surface area contributed by atoms with E-state index in [1.807, 2.05) is 0 Å². The number of pyridine rings is 4. The monoisotopic (exact) mass is 1280 g/mol. The summed E-state index contributed by atoms with van der Waals surface area (Å²) < 4.78 is 81.8. The Morgan fingerprint density at radius 2 is 0.848 bits per heavy atom. The van der Waals surface area contributed by atoms with Crippen LogP contribution in [0.3, 0.4) is 0 Å². The van der Waals surface area contributed by atoms with E-state index in [1.54, 1.807) is 18.3 Å². The second-order valence-corrected chi connectivity index (χ2v) is 21.0. The number of nitrogens with zero attached hydrogens (tertiary/aromatic N) is 4. The number of hydrogen-bond donors (Lipinski definition) is 1. The van der Waals surface area contributed by atoms with Crippen LogP contribution in [-0.4, -0.2) is 47.5 Å². The minimum atomic E-state index is -0.669. The molecule has 1 N–H and O–H groups in total. The molecule has 342 valence electrons. The first-order valence-electron chi connectivity index (χ1n) is 18.5. The van der Waals surface area contributed by atoms with Crippen molar-refractivity contribution in [2.24, 2.45) is 0 Å². The molecule has 4 heterocycles. The standard InChI is InChI=1S/C12H9ClFNO.C12H9F2NO.C10H7ClFNO.C9H5ClFNO.CH4.BBr3.Cs.FH/c13-12-10-5-7(14)1-4-9(10)11(6-15-12)16-8-2-3-8;13-7-1-4-9-10(5-7)12(14)15-6-11(9)16-8-2-3-8;1-14-9-5-13-10(11)8-4-6(12)2-3-7(8)9;10-9-7-3-5(11)1-2-6(7)8(13)4-12-9;;2-1(3)4;;/h2*1,4-6,8H,2-3H2;2-5H,1H3;1-4,13H;1H4;;;1H/q;;;;;;+1;/p-1. The number of ether oxygens (including phenoxy) is 3. The smallest absolute Gasteiger partial charge is 1.00 e. The van der Waals surface area contributed by atoms with E-state index in [1.165, 1.54) is 80.3 Å². The Kier molecular flexibility index (Phi) is 23.9. The Labute approximate surface area is 474 Å². The van der Waals surface area contributed by atoms with Gasteiger partial charge in [-0.05, 0) is 98.5 Å². The van der Waals surface area contributed by atoms with Crippen LogP contribution in [0.1, 0.15) is 33.1 Å². The van der Waals surface area contributed by atoms with Gasteiger partial charge in [0.15, 0.2) is 0 Å². The second-order valence-electron chi connectivity index (χ2n) is 13.5. The van der Waals surface area contributed by atoms with Crippen molar-refractivity contribution in [3.8, 4) is 23.0 Å². The van der Waals surface area contributed by atoms with Gasteiger partial charge in [-0.15, -0.1) is 47.3 Å². The molecule has 0 bridgehead atoms. The maximum absolute atomic E-state index is 13.4. The third-order valence-corrected chi connectivity index (χ3v) is 9.83. The van der Waals surface area contributed by atoms with Crippen molar-refractivity contribution in [3.05, 3.63) is 142 Å². The summed E-state index contributed by atoms with van der Waals surface area (Å²) in [4.78, 5) is 15.2. The molecule has 0 spiro atoms. The van der Waals surface area contributed by atoms with Crippen molar-refractivity contribution in [2.75, 3.05) is 7.11 Å². The fourth-order valence-corrected chi connectivity index (χ4v) is 6.33. The fraction of sp³-hybridized carbons (Fsp3) is 0.182. The van der Waals surface area contributed by atoms with Crippen LogP contribution in [0, 0.1) is 29.2 Å². The summed E-state index contributed by atoms with van der Waals surface area (Å²) in [6.45, 7) is 0. The average molecular weight is 1290 g/mol. The number of aromatic hydroxyl groups is 1. The van der Waals surface area contributed by atoms with Crippen LogP contribution in [0.15, 0.2) is 97.6 Å². The average Bonchev–Trinajstić information content (AvgIpc) is 4.21. The first-order valence-corrected chi connectivity index (χ1v) is 22.4. The van der Waals surface area contributed by atoms with Gasteiger partial charge in [0.2, 0.25) is 5.95 Å². The van der Waals surface area contributed by atoms with Gasteiger partial charge in [0.1, 0.15) is 61.7 Å². The van der Waals surface area contributed by atoms with E-state index in [9.17, 15) is 27.1 Å². The number of hydrogen-bond acceptors (Lipinski definition) is 8. The first kappa shape index (κ1) is 58.0. The Morgan fingerprint density at radius 3 is 1.26 bits per heavy atom. The Hall–Kier alpha value is -2.27. The van der Waals surface area contributed by atoms with Gasteiger partial charge in [-0.25, -0.2) is 37.5 Å². The summed E-state index contributed by atoms with van der Waals surface area (Å²) in [5.74, 6) is -0.407. The normalized spacial score (nSPS) is 12.2. The van der Waals surface area contributed by atoms with Gasteiger partial charge in [-0.2, -0.15) is 4.39 Å². The molecular weight excluding hydrogens is 1250 g/mol. The van der Waals surface area contributed by atoms with Crippen molar-refractivity contribution >= 4 is 128 Å².